The molecular weight excluding hydrogens is 393 g/mol. The van der Waals surface area contributed by atoms with Crippen molar-refractivity contribution in [3.8, 4) is 17.0 Å². The fraction of sp³-hybridized carbons (Fsp3) is 0.0435. The highest BCUT2D eigenvalue weighted by Crippen LogP contribution is 2.27. The van der Waals surface area contributed by atoms with Gasteiger partial charge < -0.3 is 10.1 Å². The summed E-state index contributed by atoms with van der Waals surface area (Å²) in [4.78, 5) is 17.3. The predicted octanol–water partition coefficient (Wildman–Crippen LogP) is 6.05. The summed E-state index contributed by atoms with van der Waals surface area (Å²) in [5.41, 5.74) is 2.74. The van der Waals surface area contributed by atoms with E-state index in [9.17, 15) is 18.0 Å². The number of hydrogen-bond donors (Lipinski definition) is 1. The van der Waals surface area contributed by atoms with Crippen molar-refractivity contribution in [1.82, 2.24) is 4.98 Å². The molecule has 0 fully saturated rings. The highest BCUT2D eigenvalue weighted by Gasteiger charge is 2.31. The number of benzene rings is 3. The Balaban J connectivity index is 1.65. The molecule has 1 N–H and O–H groups in total. The molecule has 4 aromatic rings. The minimum Gasteiger partial charge on any atom is -0.406 e. The van der Waals surface area contributed by atoms with Crippen LogP contribution in [-0.4, -0.2) is 17.3 Å². The summed E-state index contributed by atoms with van der Waals surface area (Å²) in [5, 5.41) is 3.55. The third-order valence-electron chi connectivity index (χ3n) is 4.37. The maximum absolute atomic E-state index is 12.7. The first-order chi connectivity index (χ1) is 14.4. The SMILES string of the molecule is O=C(Nc1cccc2ccc(-c3ccccc3)nc12)c1cccc(OC(F)(F)F)c1. The molecule has 1 amide bonds. The van der Waals surface area contributed by atoms with E-state index in [-0.39, 0.29) is 5.56 Å². The average Bonchev–Trinajstić information content (AvgIpc) is 2.73. The van der Waals surface area contributed by atoms with Gasteiger partial charge in [-0.15, -0.1) is 13.2 Å². The Hall–Kier alpha value is -3.87. The third-order valence-corrected chi connectivity index (χ3v) is 4.37. The van der Waals surface area contributed by atoms with Crippen molar-refractivity contribution < 1.29 is 22.7 Å². The average molecular weight is 408 g/mol. The number of hydrogen-bond acceptors (Lipinski definition) is 3. The Morgan fingerprint density at radius 3 is 2.40 bits per heavy atom. The quantitative estimate of drug-likeness (QED) is 0.447. The first kappa shape index (κ1) is 19.4. The summed E-state index contributed by atoms with van der Waals surface area (Å²) in [6.45, 7) is 0. The zero-order valence-electron chi connectivity index (χ0n) is 15.5. The lowest BCUT2D eigenvalue weighted by Gasteiger charge is -2.12. The number of para-hydroxylation sites is 1. The van der Waals surface area contributed by atoms with Gasteiger partial charge in [0.1, 0.15) is 5.75 Å². The van der Waals surface area contributed by atoms with Crippen molar-refractivity contribution in [3.63, 3.8) is 0 Å². The third kappa shape index (κ3) is 4.41. The molecule has 0 atom stereocenters. The van der Waals surface area contributed by atoms with E-state index in [1.165, 1.54) is 12.1 Å². The van der Waals surface area contributed by atoms with Crippen LogP contribution in [0.2, 0.25) is 0 Å². The van der Waals surface area contributed by atoms with Crippen LogP contribution in [0.15, 0.2) is 84.9 Å². The zero-order valence-corrected chi connectivity index (χ0v) is 15.5. The Labute approximate surface area is 169 Å². The molecule has 4 rings (SSSR count). The summed E-state index contributed by atoms with van der Waals surface area (Å²) < 4.78 is 41.2. The molecule has 0 saturated heterocycles. The van der Waals surface area contributed by atoms with Crippen molar-refractivity contribution in [1.29, 1.82) is 0 Å². The van der Waals surface area contributed by atoms with Crippen molar-refractivity contribution in [2.45, 2.75) is 6.36 Å². The van der Waals surface area contributed by atoms with Crippen LogP contribution in [0.3, 0.4) is 0 Å². The lowest BCUT2D eigenvalue weighted by atomic mass is 10.1. The van der Waals surface area contributed by atoms with Crippen LogP contribution in [0.4, 0.5) is 18.9 Å². The van der Waals surface area contributed by atoms with E-state index in [1.54, 1.807) is 12.1 Å². The van der Waals surface area contributed by atoms with Crippen LogP contribution in [0.1, 0.15) is 10.4 Å². The molecule has 4 nitrogen and oxygen atoms in total. The normalized spacial score (nSPS) is 11.3. The van der Waals surface area contributed by atoms with E-state index in [4.69, 9.17) is 0 Å². The van der Waals surface area contributed by atoms with Crippen LogP contribution >= 0.6 is 0 Å². The molecule has 30 heavy (non-hydrogen) atoms. The van der Waals surface area contributed by atoms with Gasteiger partial charge in [-0.25, -0.2) is 4.98 Å². The number of nitrogens with zero attached hydrogens (tertiary/aromatic N) is 1. The number of aromatic nitrogens is 1. The lowest BCUT2D eigenvalue weighted by molar-refractivity contribution is -0.274. The Kier molecular flexibility index (Phi) is 5.10. The number of carbonyl (C=O) groups is 1. The highest BCUT2D eigenvalue weighted by molar-refractivity contribution is 6.08. The number of ether oxygens (including phenoxy) is 1. The van der Waals surface area contributed by atoms with Gasteiger partial charge in [-0.1, -0.05) is 54.6 Å². The molecule has 0 aliphatic rings. The monoisotopic (exact) mass is 408 g/mol. The number of rotatable bonds is 4. The number of halogens is 3. The number of carbonyl (C=O) groups excluding carboxylic acids is 1. The Bertz CT molecular complexity index is 1210. The van der Waals surface area contributed by atoms with Gasteiger partial charge >= 0.3 is 6.36 Å². The van der Waals surface area contributed by atoms with Gasteiger partial charge in [0.05, 0.1) is 16.9 Å². The van der Waals surface area contributed by atoms with E-state index in [1.807, 2.05) is 48.5 Å². The van der Waals surface area contributed by atoms with Gasteiger partial charge in [0, 0.05) is 16.5 Å². The summed E-state index contributed by atoms with van der Waals surface area (Å²) >= 11 is 0. The minimum absolute atomic E-state index is 0.0352. The van der Waals surface area contributed by atoms with Crippen LogP contribution < -0.4 is 10.1 Å². The number of anilines is 1. The molecular formula is C23H15F3N2O2. The molecule has 7 heteroatoms. The maximum atomic E-state index is 12.7. The molecule has 0 unspecified atom stereocenters. The van der Waals surface area contributed by atoms with Crippen molar-refractivity contribution in [2.24, 2.45) is 0 Å². The van der Waals surface area contributed by atoms with E-state index in [0.717, 1.165) is 28.8 Å². The van der Waals surface area contributed by atoms with Gasteiger partial charge in [0.2, 0.25) is 0 Å². The first-order valence-corrected chi connectivity index (χ1v) is 9.01. The fourth-order valence-electron chi connectivity index (χ4n) is 3.05. The second-order valence-corrected chi connectivity index (χ2v) is 6.47. The number of fused-ring (bicyclic) bond motifs is 1. The van der Waals surface area contributed by atoms with Crippen molar-refractivity contribution in [2.75, 3.05) is 5.32 Å². The number of amides is 1. The largest absolute Gasteiger partial charge is 0.573 e. The predicted molar refractivity (Wildman–Crippen MR) is 108 cm³/mol. The summed E-state index contributed by atoms with van der Waals surface area (Å²) in [6.07, 6.45) is -4.83. The summed E-state index contributed by atoms with van der Waals surface area (Å²) in [6, 6.07) is 23.6. The molecule has 0 aliphatic heterocycles. The topological polar surface area (TPSA) is 51.2 Å². The van der Waals surface area contributed by atoms with E-state index in [2.05, 4.69) is 15.0 Å². The number of pyridine rings is 1. The van der Waals surface area contributed by atoms with Crippen LogP contribution in [0, 0.1) is 0 Å². The molecule has 150 valence electrons. The van der Waals surface area contributed by atoms with Crippen LogP contribution in [-0.2, 0) is 0 Å². The number of alkyl halides is 3. The molecule has 3 aromatic carbocycles. The standard InChI is InChI=1S/C23H15F3N2O2/c24-23(25,26)30-18-10-4-9-17(14-18)22(29)28-20-11-5-8-16-12-13-19(27-21(16)20)15-6-2-1-3-7-15/h1-14H,(H,28,29). The van der Waals surface area contributed by atoms with Gasteiger partial charge in [-0.05, 0) is 30.3 Å². The highest BCUT2D eigenvalue weighted by atomic mass is 19.4. The summed E-state index contributed by atoms with van der Waals surface area (Å²) in [5.74, 6) is -1.03. The molecule has 0 spiro atoms. The summed E-state index contributed by atoms with van der Waals surface area (Å²) in [7, 11) is 0. The second-order valence-electron chi connectivity index (χ2n) is 6.47. The minimum atomic E-state index is -4.83. The Morgan fingerprint density at radius 1 is 0.867 bits per heavy atom. The van der Waals surface area contributed by atoms with Gasteiger partial charge in [0.25, 0.3) is 5.91 Å². The number of nitrogens with one attached hydrogen (secondary N) is 1. The fourth-order valence-corrected chi connectivity index (χ4v) is 3.05. The molecule has 0 saturated carbocycles. The lowest BCUT2D eigenvalue weighted by Crippen LogP contribution is -2.18. The van der Waals surface area contributed by atoms with E-state index < -0.39 is 18.0 Å². The smallest absolute Gasteiger partial charge is 0.406 e. The van der Waals surface area contributed by atoms with Crippen LogP contribution in [0.5, 0.6) is 5.75 Å². The van der Waals surface area contributed by atoms with Gasteiger partial charge in [-0.3, -0.25) is 4.79 Å². The molecule has 1 heterocycles. The van der Waals surface area contributed by atoms with Gasteiger partial charge in [0.15, 0.2) is 0 Å². The maximum Gasteiger partial charge on any atom is 0.573 e. The van der Waals surface area contributed by atoms with Gasteiger partial charge in [-0.2, -0.15) is 0 Å². The molecule has 0 aliphatic carbocycles. The van der Waals surface area contributed by atoms with Crippen LogP contribution in [0.25, 0.3) is 22.2 Å². The molecule has 0 bridgehead atoms. The Morgan fingerprint density at radius 2 is 1.63 bits per heavy atom. The van der Waals surface area contributed by atoms with Crippen molar-refractivity contribution in [3.05, 3.63) is 90.5 Å². The van der Waals surface area contributed by atoms with Crippen molar-refractivity contribution >= 4 is 22.5 Å². The molecule has 0 radical (unpaired) electrons. The second kappa shape index (κ2) is 7.87. The van der Waals surface area contributed by atoms with E-state index >= 15 is 0 Å². The van der Waals surface area contributed by atoms with E-state index in [0.29, 0.717) is 11.2 Å². The first-order valence-electron chi connectivity index (χ1n) is 9.01. The molecule has 1 aromatic heterocycles. The zero-order chi connectivity index (χ0) is 21.1.